The molecule has 0 fully saturated rings. The molecule has 0 saturated carbocycles. The first-order valence-electron chi connectivity index (χ1n) is 8.67. The molecule has 138 valence electrons. The van der Waals surface area contributed by atoms with Crippen molar-refractivity contribution in [3.05, 3.63) is 81.4 Å². The summed E-state index contributed by atoms with van der Waals surface area (Å²) in [4.78, 5) is 12.7. The highest BCUT2D eigenvalue weighted by Crippen LogP contribution is 2.42. The summed E-state index contributed by atoms with van der Waals surface area (Å²) < 4.78 is 5.72. The van der Waals surface area contributed by atoms with Crippen molar-refractivity contribution in [2.45, 2.75) is 27.7 Å². The first kappa shape index (κ1) is 19.0. The van der Waals surface area contributed by atoms with Gasteiger partial charge in [0.1, 0.15) is 11.5 Å². The molecule has 3 nitrogen and oxygen atoms in total. The number of phenols is 1. The molecule has 0 amide bonds. The van der Waals surface area contributed by atoms with Crippen LogP contribution in [-0.4, -0.2) is 11.1 Å². The number of aryl methyl sites for hydroxylation is 2. The van der Waals surface area contributed by atoms with E-state index in [0.717, 1.165) is 22.3 Å². The minimum absolute atomic E-state index is 0.154. The lowest BCUT2D eigenvalue weighted by Crippen LogP contribution is -2.10. The summed E-state index contributed by atoms with van der Waals surface area (Å²) in [6.07, 6.45) is 0. The molecule has 0 aliphatic rings. The Morgan fingerprint density at radius 3 is 2.11 bits per heavy atom. The molecule has 1 N–H and O–H groups in total. The normalized spacial score (nSPS) is 10.7. The zero-order valence-electron chi connectivity index (χ0n) is 15.8. The van der Waals surface area contributed by atoms with E-state index in [1.165, 1.54) is 0 Å². The van der Waals surface area contributed by atoms with E-state index in [1.54, 1.807) is 36.4 Å². The monoisotopic (exact) mass is 380 g/mol. The number of carbonyl (C=O) groups excluding carboxylic acids is 1. The van der Waals surface area contributed by atoms with Crippen LogP contribution in [0.4, 0.5) is 0 Å². The number of hydrogen-bond donors (Lipinski definition) is 1. The third kappa shape index (κ3) is 3.56. The van der Waals surface area contributed by atoms with E-state index in [0.29, 0.717) is 27.5 Å². The van der Waals surface area contributed by atoms with Gasteiger partial charge in [-0.3, -0.25) is 0 Å². The van der Waals surface area contributed by atoms with Crippen molar-refractivity contribution in [3.63, 3.8) is 0 Å². The molecule has 0 atom stereocenters. The number of esters is 1. The van der Waals surface area contributed by atoms with Gasteiger partial charge in [-0.2, -0.15) is 0 Å². The Hall–Kier alpha value is -2.78. The summed E-state index contributed by atoms with van der Waals surface area (Å²) in [6, 6.07) is 14.0. The van der Waals surface area contributed by atoms with Gasteiger partial charge in [-0.1, -0.05) is 35.9 Å². The summed E-state index contributed by atoms with van der Waals surface area (Å²) in [5, 5.41) is 10.9. The predicted octanol–water partition coefficient (Wildman–Crippen LogP) is 6.17. The third-order valence-electron chi connectivity index (χ3n) is 4.96. The molecule has 0 heterocycles. The van der Waals surface area contributed by atoms with Crippen molar-refractivity contribution in [2.75, 3.05) is 0 Å². The van der Waals surface area contributed by atoms with Gasteiger partial charge in [0, 0.05) is 11.1 Å². The van der Waals surface area contributed by atoms with Crippen LogP contribution in [0.5, 0.6) is 11.5 Å². The average Bonchev–Trinajstić information content (AvgIpc) is 2.64. The molecule has 3 rings (SSSR count). The molecule has 0 aliphatic carbocycles. The summed E-state index contributed by atoms with van der Waals surface area (Å²) in [6.45, 7) is 7.88. The summed E-state index contributed by atoms with van der Waals surface area (Å²) >= 11 is 6.13. The molecule has 0 saturated heterocycles. The molecule has 3 aromatic rings. The number of halogens is 1. The van der Waals surface area contributed by atoms with Crippen molar-refractivity contribution in [3.8, 4) is 22.6 Å². The van der Waals surface area contributed by atoms with Crippen LogP contribution in [0.25, 0.3) is 11.1 Å². The molecular formula is C23H21ClO3. The Balaban J connectivity index is 2.17. The first-order chi connectivity index (χ1) is 12.8. The van der Waals surface area contributed by atoms with E-state index in [-0.39, 0.29) is 5.75 Å². The number of phenolic OH excluding ortho intramolecular Hbond substituents is 1. The van der Waals surface area contributed by atoms with E-state index in [2.05, 4.69) is 0 Å². The Morgan fingerprint density at radius 1 is 0.852 bits per heavy atom. The molecule has 4 heteroatoms. The average molecular weight is 381 g/mol. The van der Waals surface area contributed by atoms with E-state index < -0.39 is 5.97 Å². The first-order valence-corrected chi connectivity index (χ1v) is 9.05. The fourth-order valence-corrected chi connectivity index (χ4v) is 3.30. The Morgan fingerprint density at radius 2 is 1.44 bits per heavy atom. The van der Waals surface area contributed by atoms with Gasteiger partial charge in [-0.15, -0.1) is 0 Å². The highest BCUT2D eigenvalue weighted by atomic mass is 35.5. The zero-order valence-corrected chi connectivity index (χ0v) is 16.5. The van der Waals surface area contributed by atoms with Crippen molar-refractivity contribution >= 4 is 17.6 Å². The van der Waals surface area contributed by atoms with E-state index in [4.69, 9.17) is 16.3 Å². The third-order valence-corrected chi connectivity index (χ3v) is 5.29. The van der Waals surface area contributed by atoms with Crippen LogP contribution in [-0.2, 0) is 0 Å². The van der Waals surface area contributed by atoms with Crippen LogP contribution in [0.15, 0.2) is 48.5 Å². The van der Waals surface area contributed by atoms with Gasteiger partial charge in [-0.05, 0) is 74.2 Å². The van der Waals surface area contributed by atoms with Gasteiger partial charge in [-0.25, -0.2) is 4.79 Å². The lowest BCUT2D eigenvalue weighted by Gasteiger charge is -2.19. The second-order valence-electron chi connectivity index (χ2n) is 6.65. The van der Waals surface area contributed by atoms with Crippen molar-refractivity contribution in [2.24, 2.45) is 0 Å². The fraction of sp³-hybridized carbons (Fsp3) is 0.174. The number of benzene rings is 3. The van der Waals surface area contributed by atoms with Crippen molar-refractivity contribution in [1.29, 1.82) is 0 Å². The van der Waals surface area contributed by atoms with Gasteiger partial charge in [0.25, 0.3) is 0 Å². The Kier molecular flexibility index (Phi) is 5.24. The molecule has 0 radical (unpaired) electrons. The predicted molar refractivity (Wildman–Crippen MR) is 109 cm³/mol. The summed E-state index contributed by atoms with van der Waals surface area (Å²) in [5.41, 5.74) is 5.68. The second kappa shape index (κ2) is 7.45. The molecule has 0 bridgehead atoms. The minimum Gasteiger partial charge on any atom is -0.507 e. The van der Waals surface area contributed by atoms with Gasteiger partial charge in [0.05, 0.1) is 10.6 Å². The largest absolute Gasteiger partial charge is 0.507 e. The number of carbonyl (C=O) groups is 1. The van der Waals surface area contributed by atoms with Gasteiger partial charge in [0.15, 0.2) is 0 Å². The van der Waals surface area contributed by atoms with E-state index in [1.807, 2.05) is 39.8 Å². The van der Waals surface area contributed by atoms with E-state index >= 15 is 0 Å². The minimum atomic E-state index is -0.533. The molecule has 0 aromatic heterocycles. The maximum absolute atomic E-state index is 12.7. The van der Waals surface area contributed by atoms with Crippen LogP contribution in [0.3, 0.4) is 0 Å². The standard InChI is InChI=1S/C23H21ClO3/c1-13-9-11-19(25)21(15(13)3)22-16(4)14(2)10-12-20(22)27-23(26)17-7-5-6-8-18(17)24/h5-12,25H,1-4H3. The molecule has 0 unspecified atom stereocenters. The SMILES string of the molecule is Cc1ccc(O)c(-c2c(OC(=O)c3ccccc3Cl)ccc(C)c2C)c1C. The number of ether oxygens (including phenoxy) is 1. The molecule has 0 aliphatic heterocycles. The fourth-order valence-electron chi connectivity index (χ4n) is 3.09. The van der Waals surface area contributed by atoms with Crippen molar-refractivity contribution in [1.82, 2.24) is 0 Å². The quantitative estimate of drug-likeness (QED) is 0.437. The second-order valence-corrected chi connectivity index (χ2v) is 7.06. The van der Waals surface area contributed by atoms with E-state index in [9.17, 15) is 9.90 Å². The maximum atomic E-state index is 12.7. The highest BCUT2D eigenvalue weighted by Gasteiger charge is 2.21. The van der Waals surface area contributed by atoms with Crippen molar-refractivity contribution < 1.29 is 14.6 Å². The summed E-state index contributed by atoms with van der Waals surface area (Å²) in [5.74, 6) is 0.0174. The van der Waals surface area contributed by atoms with Crippen LogP contribution in [0, 0.1) is 27.7 Å². The number of rotatable bonds is 3. The topological polar surface area (TPSA) is 46.5 Å². The zero-order chi connectivity index (χ0) is 19.7. The Labute approximate surface area is 164 Å². The molecule has 27 heavy (non-hydrogen) atoms. The van der Waals surface area contributed by atoms with Gasteiger partial charge in [0.2, 0.25) is 0 Å². The summed E-state index contributed by atoms with van der Waals surface area (Å²) in [7, 11) is 0. The lowest BCUT2D eigenvalue weighted by molar-refractivity contribution is 0.0735. The molecular weight excluding hydrogens is 360 g/mol. The molecule has 0 spiro atoms. The van der Waals surface area contributed by atoms with Crippen LogP contribution >= 0.6 is 11.6 Å². The van der Waals surface area contributed by atoms with Crippen LogP contribution in [0.1, 0.15) is 32.6 Å². The van der Waals surface area contributed by atoms with Crippen LogP contribution in [0.2, 0.25) is 5.02 Å². The number of hydrogen-bond acceptors (Lipinski definition) is 3. The van der Waals surface area contributed by atoms with Gasteiger partial charge < -0.3 is 9.84 Å². The lowest BCUT2D eigenvalue weighted by atomic mass is 9.90. The van der Waals surface area contributed by atoms with Gasteiger partial charge >= 0.3 is 5.97 Å². The smallest absolute Gasteiger partial charge is 0.345 e. The number of aromatic hydroxyl groups is 1. The molecule has 3 aromatic carbocycles. The van der Waals surface area contributed by atoms with Crippen LogP contribution < -0.4 is 4.74 Å². The maximum Gasteiger partial charge on any atom is 0.345 e. The highest BCUT2D eigenvalue weighted by molar-refractivity contribution is 6.33. The Bertz CT molecular complexity index is 1040.